The smallest absolute Gasteiger partial charge is 0.270 e. The van der Waals surface area contributed by atoms with E-state index in [0.29, 0.717) is 16.6 Å². The van der Waals surface area contributed by atoms with E-state index in [2.05, 4.69) is 10.3 Å². The van der Waals surface area contributed by atoms with Crippen molar-refractivity contribution in [1.82, 2.24) is 10.3 Å². The lowest BCUT2D eigenvalue weighted by atomic mass is 9.86. The van der Waals surface area contributed by atoms with Gasteiger partial charge >= 0.3 is 0 Å². The first-order valence-corrected chi connectivity index (χ1v) is 6.60. The quantitative estimate of drug-likeness (QED) is 0.882. The normalized spacial score (nSPS) is 23.7. The predicted octanol–water partition coefficient (Wildman–Crippen LogP) is 2.02. The van der Waals surface area contributed by atoms with E-state index in [9.17, 15) is 4.79 Å². The van der Waals surface area contributed by atoms with Crippen LogP contribution in [-0.2, 0) is 0 Å². The molecule has 1 aromatic rings. The van der Waals surface area contributed by atoms with Crippen LogP contribution in [0.3, 0.4) is 0 Å². The zero-order chi connectivity index (χ0) is 13.0. The molecule has 0 radical (unpaired) electrons. The van der Waals surface area contributed by atoms with E-state index < -0.39 is 0 Å². The van der Waals surface area contributed by atoms with E-state index in [0.717, 1.165) is 25.7 Å². The van der Waals surface area contributed by atoms with Crippen LogP contribution in [0.15, 0.2) is 18.3 Å². The molecule has 0 aromatic carbocycles. The number of aromatic nitrogens is 1. The number of aliphatic hydroxyl groups is 1. The van der Waals surface area contributed by atoms with Gasteiger partial charge in [0.1, 0.15) is 5.69 Å². The summed E-state index contributed by atoms with van der Waals surface area (Å²) >= 11 is 5.72. The maximum Gasteiger partial charge on any atom is 0.270 e. The molecule has 0 spiro atoms. The van der Waals surface area contributed by atoms with Gasteiger partial charge in [0.05, 0.1) is 5.02 Å². The second-order valence-corrected chi connectivity index (χ2v) is 5.18. The number of nitrogens with one attached hydrogen (secondary N) is 1. The summed E-state index contributed by atoms with van der Waals surface area (Å²) in [6.45, 7) is 0.200. The number of amides is 1. The van der Waals surface area contributed by atoms with E-state index >= 15 is 0 Å². The molecule has 1 heterocycles. The van der Waals surface area contributed by atoms with Crippen molar-refractivity contribution >= 4 is 17.5 Å². The number of rotatable bonds is 3. The largest absolute Gasteiger partial charge is 0.396 e. The molecule has 0 saturated heterocycles. The summed E-state index contributed by atoms with van der Waals surface area (Å²) in [5, 5.41) is 12.6. The summed E-state index contributed by atoms with van der Waals surface area (Å²) in [6.07, 6.45) is 5.37. The van der Waals surface area contributed by atoms with Crippen molar-refractivity contribution in [2.24, 2.45) is 5.92 Å². The van der Waals surface area contributed by atoms with Gasteiger partial charge in [0.15, 0.2) is 0 Å². The summed E-state index contributed by atoms with van der Waals surface area (Å²) in [5.41, 5.74) is 0.380. The molecular weight excluding hydrogens is 252 g/mol. The van der Waals surface area contributed by atoms with E-state index in [1.807, 2.05) is 0 Å². The first-order chi connectivity index (χ1) is 8.69. The molecule has 2 atom stereocenters. The molecule has 1 saturated carbocycles. The Bertz CT molecular complexity index is 408. The van der Waals surface area contributed by atoms with Crippen LogP contribution in [0, 0.1) is 5.92 Å². The Morgan fingerprint density at radius 2 is 2.33 bits per heavy atom. The maximum absolute atomic E-state index is 11.9. The van der Waals surface area contributed by atoms with E-state index in [1.54, 1.807) is 12.1 Å². The van der Waals surface area contributed by atoms with Gasteiger partial charge in [-0.1, -0.05) is 18.0 Å². The third-order valence-corrected chi connectivity index (χ3v) is 3.56. The lowest BCUT2D eigenvalue weighted by Gasteiger charge is -2.28. The minimum atomic E-state index is -0.171. The van der Waals surface area contributed by atoms with Crippen LogP contribution in [0.5, 0.6) is 0 Å². The van der Waals surface area contributed by atoms with Crippen molar-refractivity contribution in [3.05, 3.63) is 29.0 Å². The highest BCUT2D eigenvalue weighted by molar-refractivity contribution is 6.30. The van der Waals surface area contributed by atoms with Gasteiger partial charge in [-0.3, -0.25) is 4.79 Å². The average molecular weight is 269 g/mol. The fourth-order valence-electron chi connectivity index (χ4n) is 2.36. The molecule has 1 amide bonds. The Kier molecular flexibility index (Phi) is 4.55. The molecule has 2 rings (SSSR count). The number of pyridine rings is 1. The molecule has 5 heteroatoms. The molecule has 1 aliphatic rings. The van der Waals surface area contributed by atoms with Gasteiger partial charge in [0.2, 0.25) is 0 Å². The average Bonchev–Trinajstić information content (AvgIpc) is 2.39. The van der Waals surface area contributed by atoms with Gasteiger partial charge in [0, 0.05) is 18.8 Å². The zero-order valence-corrected chi connectivity index (χ0v) is 10.9. The van der Waals surface area contributed by atoms with Crippen molar-refractivity contribution in [2.75, 3.05) is 6.61 Å². The fourth-order valence-corrected chi connectivity index (χ4v) is 2.47. The summed E-state index contributed by atoms with van der Waals surface area (Å²) in [4.78, 5) is 15.9. The van der Waals surface area contributed by atoms with Gasteiger partial charge in [-0.2, -0.15) is 0 Å². The minimum Gasteiger partial charge on any atom is -0.396 e. The van der Waals surface area contributed by atoms with Crippen LogP contribution in [-0.4, -0.2) is 28.6 Å². The van der Waals surface area contributed by atoms with Crippen LogP contribution in [0.4, 0.5) is 0 Å². The third kappa shape index (κ3) is 3.43. The molecule has 1 aromatic heterocycles. The molecule has 4 nitrogen and oxygen atoms in total. The van der Waals surface area contributed by atoms with Crippen molar-refractivity contribution < 1.29 is 9.90 Å². The Morgan fingerprint density at radius 1 is 1.50 bits per heavy atom. The van der Waals surface area contributed by atoms with Crippen LogP contribution in [0.25, 0.3) is 0 Å². The third-order valence-electron chi connectivity index (χ3n) is 3.34. The van der Waals surface area contributed by atoms with Crippen LogP contribution in [0.1, 0.15) is 36.2 Å². The number of hydrogen-bond acceptors (Lipinski definition) is 3. The minimum absolute atomic E-state index is 0.140. The molecule has 0 bridgehead atoms. The molecule has 1 aliphatic carbocycles. The SMILES string of the molecule is O=C(NC1CCCC(CO)C1)c1ccc(Cl)cn1. The van der Waals surface area contributed by atoms with Gasteiger partial charge in [0.25, 0.3) is 5.91 Å². The van der Waals surface area contributed by atoms with Crippen molar-refractivity contribution in [3.8, 4) is 0 Å². The van der Waals surface area contributed by atoms with E-state index in [1.165, 1.54) is 6.20 Å². The highest BCUT2D eigenvalue weighted by Crippen LogP contribution is 2.23. The standard InChI is InChI=1S/C13H17ClN2O2/c14-10-4-5-12(15-7-10)13(18)16-11-3-1-2-9(6-11)8-17/h4-5,7,9,11,17H,1-3,6,8H2,(H,16,18). The first kappa shape index (κ1) is 13.3. The highest BCUT2D eigenvalue weighted by Gasteiger charge is 2.23. The van der Waals surface area contributed by atoms with E-state index in [4.69, 9.17) is 16.7 Å². The van der Waals surface area contributed by atoms with Gasteiger partial charge in [-0.25, -0.2) is 4.98 Å². The number of hydrogen-bond donors (Lipinski definition) is 2. The Hall–Kier alpha value is -1.13. The Morgan fingerprint density at radius 3 is 3.00 bits per heavy atom. The number of nitrogens with zero attached hydrogens (tertiary/aromatic N) is 1. The second-order valence-electron chi connectivity index (χ2n) is 4.75. The molecular formula is C13H17ClN2O2. The van der Waals surface area contributed by atoms with Gasteiger partial charge < -0.3 is 10.4 Å². The lowest BCUT2D eigenvalue weighted by molar-refractivity contribution is 0.0901. The number of carbonyl (C=O) groups is 1. The molecule has 2 unspecified atom stereocenters. The Labute approximate surface area is 111 Å². The fraction of sp³-hybridized carbons (Fsp3) is 0.538. The monoisotopic (exact) mass is 268 g/mol. The second kappa shape index (κ2) is 6.16. The summed E-state index contributed by atoms with van der Waals surface area (Å²) in [5.74, 6) is 0.137. The summed E-state index contributed by atoms with van der Waals surface area (Å²) in [6, 6.07) is 3.41. The topological polar surface area (TPSA) is 62.2 Å². The van der Waals surface area contributed by atoms with Crippen LogP contribution >= 0.6 is 11.6 Å². The number of halogens is 1. The van der Waals surface area contributed by atoms with Crippen molar-refractivity contribution in [2.45, 2.75) is 31.7 Å². The molecule has 98 valence electrons. The number of aliphatic hydroxyl groups excluding tert-OH is 1. The zero-order valence-electron chi connectivity index (χ0n) is 10.1. The first-order valence-electron chi connectivity index (χ1n) is 6.22. The number of carbonyl (C=O) groups excluding carboxylic acids is 1. The lowest BCUT2D eigenvalue weighted by Crippen LogP contribution is -2.39. The molecule has 1 fully saturated rings. The molecule has 0 aliphatic heterocycles. The van der Waals surface area contributed by atoms with Gasteiger partial charge in [-0.15, -0.1) is 0 Å². The Balaban J connectivity index is 1.92. The van der Waals surface area contributed by atoms with Crippen LogP contribution < -0.4 is 5.32 Å². The maximum atomic E-state index is 11.9. The van der Waals surface area contributed by atoms with E-state index in [-0.39, 0.29) is 18.6 Å². The molecule has 2 N–H and O–H groups in total. The highest BCUT2D eigenvalue weighted by atomic mass is 35.5. The van der Waals surface area contributed by atoms with Crippen molar-refractivity contribution in [3.63, 3.8) is 0 Å². The van der Waals surface area contributed by atoms with Crippen LogP contribution in [0.2, 0.25) is 5.02 Å². The summed E-state index contributed by atoms with van der Waals surface area (Å²) < 4.78 is 0. The summed E-state index contributed by atoms with van der Waals surface area (Å²) in [7, 11) is 0. The van der Waals surface area contributed by atoms with Gasteiger partial charge in [-0.05, 0) is 37.3 Å². The van der Waals surface area contributed by atoms with Crippen molar-refractivity contribution in [1.29, 1.82) is 0 Å². The molecule has 18 heavy (non-hydrogen) atoms. The predicted molar refractivity (Wildman–Crippen MR) is 69.5 cm³/mol.